The summed E-state index contributed by atoms with van der Waals surface area (Å²) in [4.78, 5) is 19.2. The van der Waals surface area contributed by atoms with Crippen LogP contribution in [0.4, 0.5) is 0 Å². The summed E-state index contributed by atoms with van der Waals surface area (Å²) in [6.45, 7) is 9.98. The lowest BCUT2D eigenvalue weighted by molar-refractivity contribution is -0.132. The van der Waals surface area contributed by atoms with Crippen molar-refractivity contribution in [3.05, 3.63) is 64.7 Å². The third-order valence-corrected chi connectivity index (χ3v) is 5.62. The van der Waals surface area contributed by atoms with Crippen LogP contribution in [0.25, 0.3) is 0 Å². The van der Waals surface area contributed by atoms with Gasteiger partial charge >= 0.3 is 0 Å². The van der Waals surface area contributed by atoms with E-state index in [1.165, 1.54) is 22.3 Å². The molecular formula is C24H33N3O2. The van der Waals surface area contributed by atoms with Crippen LogP contribution in [0.1, 0.15) is 22.3 Å². The number of likely N-dealkylation sites (N-methyl/N-ethyl adjacent to an activating group) is 1. The number of carbonyl (C=O) groups is 1. The lowest BCUT2D eigenvalue weighted by Gasteiger charge is -2.35. The second-order valence-corrected chi connectivity index (χ2v) is 8.10. The number of nitrogens with zero attached hydrogens (tertiary/aromatic N) is 3. The van der Waals surface area contributed by atoms with Crippen LogP contribution in [0, 0.1) is 13.8 Å². The van der Waals surface area contributed by atoms with Crippen molar-refractivity contribution in [3.8, 4) is 5.75 Å². The van der Waals surface area contributed by atoms with Crippen LogP contribution >= 0.6 is 0 Å². The first-order valence-electron chi connectivity index (χ1n) is 10.3. The first-order chi connectivity index (χ1) is 13.9. The smallest absolute Gasteiger partial charge is 0.236 e. The zero-order valence-electron chi connectivity index (χ0n) is 18.1. The second kappa shape index (κ2) is 9.90. The van der Waals surface area contributed by atoms with Gasteiger partial charge in [0.1, 0.15) is 5.75 Å². The van der Waals surface area contributed by atoms with Crippen molar-refractivity contribution < 1.29 is 9.53 Å². The number of aryl methyl sites for hydroxylation is 2. The van der Waals surface area contributed by atoms with Gasteiger partial charge in [-0.3, -0.25) is 14.6 Å². The summed E-state index contributed by atoms with van der Waals surface area (Å²) in [5.74, 6) is 1.13. The quantitative estimate of drug-likeness (QED) is 0.722. The molecule has 0 saturated carbocycles. The van der Waals surface area contributed by atoms with E-state index in [-0.39, 0.29) is 5.91 Å². The van der Waals surface area contributed by atoms with Crippen molar-refractivity contribution in [1.82, 2.24) is 14.7 Å². The van der Waals surface area contributed by atoms with Gasteiger partial charge in [-0.1, -0.05) is 47.5 Å². The Kier molecular flexibility index (Phi) is 7.29. The minimum absolute atomic E-state index is 0.180. The van der Waals surface area contributed by atoms with Crippen molar-refractivity contribution in [3.63, 3.8) is 0 Å². The van der Waals surface area contributed by atoms with E-state index >= 15 is 0 Å². The highest BCUT2D eigenvalue weighted by atomic mass is 16.5. The zero-order chi connectivity index (χ0) is 20.8. The number of ether oxygens (including phenoxy) is 1. The monoisotopic (exact) mass is 395 g/mol. The molecule has 156 valence electrons. The molecule has 1 aliphatic heterocycles. The van der Waals surface area contributed by atoms with Gasteiger partial charge in [-0.15, -0.1) is 0 Å². The molecule has 1 aliphatic rings. The summed E-state index contributed by atoms with van der Waals surface area (Å²) < 4.78 is 5.51. The molecule has 0 N–H and O–H groups in total. The Hall–Kier alpha value is -2.37. The molecule has 3 rings (SSSR count). The van der Waals surface area contributed by atoms with Gasteiger partial charge in [0.05, 0.1) is 13.7 Å². The number of piperazine rings is 1. The summed E-state index contributed by atoms with van der Waals surface area (Å²) >= 11 is 0. The maximum atomic E-state index is 12.6. The predicted molar refractivity (Wildman–Crippen MR) is 117 cm³/mol. The first kappa shape index (κ1) is 21.3. The lowest BCUT2D eigenvalue weighted by Crippen LogP contribution is -2.49. The highest BCUT2D eigenvalue weighted by Crippen LogP contribution is 2.22. The molecular weight excluding hydrogens is 362 g/mol. The Morgan fingerprint density at radius 2 is 1.59 bits per heavy atom. The minimum atomic E-state index is 0.180. The van der Waals surface area contributed by atoms with Gasteiger partial charge in [0.15, 0.2) is 0 Å². The molecule has 0 aromatic heterocycles. The van der Waals surface area contributed by atoms with Crippen molar-refractivity contribution in [2.45, 2.75) is 26.9 Å². The molecule has 0 spiro atoms. The molecule has 0 aliphatic carbocycles. The summed E-state index contributed by atoms with van der Waals surface area (Å²) in [5.41, 5.74) is 4.89. The van der Waals surface area contributed by atoms with E-state index < -0.39 is 0 Å². The lowest BCUT2D eigenvalue weighted by atomic mass is 10.1. The molecule has 2 aromatic carbocycles. The molecule has 5 nitrogen and oxygen atoms in total. The molecule has 0 bridgehead atoms. The van der Waals surface area contributed by atoms with Gasteiger partial charge < -0.3 is 9.64 Å². The molecule has 1 saturated heterocycles. The van der Waals surface area contributed by atoms with Crippen LogP contribution in [0.3, 0.4) is 0 Å². The maximum Gasteiger partial charge on any atom is 0.236 e. The standard InChI is InChI=1S/C24H33N3O2/c1-19-5-8-21(9-6-19)16-25(3)24(28)18-27-13-11-26(12-14-27)17-22-15-20(2)7-10-23(22)29-4/h5-10,15H,11-14,16-18H2,1-4H3. The third-order valence-electron chi connectivity index (χ3n) is 5.62. The highest BCUT2D eigenvalue weighted by Gasteiger charge is 2.21. The maximum absolute atomic E-state index is 12.6. The minimum Gasteiger partial charge on any atom is -0.496 e. The zero-order valence-corrected chi connectivity index (χ0v) is 18.1. The Balaban J connectivity index is 1.46. The van der Waals surface area contributed by atoms with Gasteiger partial charge in [0.2, 0.25) is 5.91 Å². The molecule has 1 fully saturated rings. The summed E-state index contributed by atoms with van der Waals surface area (Å²) in [6, 6.07) is 14.7. The van der Waals surface area contributed by atoms with Crippen molar-refractivity contribution in [1.29, 1.82) is 0 Å². The van der Waals surface area contributed by atoms with Crippen molar-refractivity contribution in [2.75, 3.05) is 46.9 Å². The normalized spacial score (nSPS) is 15.3. The number of hydrogen-bond donors (Lipinski definition) is 0. The second-order valence-electron chi connectivity index (χ2n) is 8.10. The van der Waals surface area contributed by atoms with E-state index in [2.05, 4.69) is 60.0 Å². The molecule has 1 amide bonds. The van der Waals surface area contributed by atoms with Gasteiger partial charge in [0.25, 0.3) is 0 Å². The predicted octanol–water partition coefficient (Wildman–Crippen LogP) is 3.09. The molecule has 5 heteroatoms. The molecule has 1 heterocycles. The van der Waals surface area contributed by atoms with Crippen LogP contribution in [0.2, 0.25) is 0 Å². The molecule has 0 unspecified atom stereocenters. The summed E-state index contributed by atoms with van der Waals surface area (Å²) in [6.07, 6.45) is 0. The van der Waals surface area contributed by atoms with E-state index in [1.807, 2.05) is 18.0 Å². The van der Waals surface area contributed by atoms with E-state index in [1.54, 1.807) is 7.11 Å². The molecule has 0 atom stereocenters. The number of methoxy groups -OCH3 is 1. The van der Waals surface area contributed by atoms with Crippen LogP contribution in [0.15, 0.2) is 42.5 Å². The SMILES string of the molecule is COc1ccc(C)cc1CN1CCN(CC(=O)N(C)Cc2ccc(C)cc2)CC1. The van der Waals surface area contributed by atoms with Crippen molar-refractivity contribution in [2.24, 2.45) is 0 Å². The van der Waals surface area contributed by atoms with Gasteiger partial charge in [-0.05, 0) is 25.5 Å². The highest BCUT2D eigenvalue weighted by molar-refractivity contribution is 5.78. The fourth-order valence-electron chi connectivity index (χ4n) is 3.74. The van der Waals surface area contributed by atoms with E-state index in [0.29, 0.717) is 13.1 Å². The molecule has 29 heavy (non-hydrogen) atoms. The Labute approximate surface area is 174 Å². The average molecular weight is 396 g/mol. The molecule has 0 radical (unpaired) electrons. The van der Waals surface area contributed by atoms with Crippen LogP contribution < -0.4 is 4.74 Å². The van der Waals surface area contributed by atoms with Gasteiger partial charge in [-0.25, -0.2) is 0 Å². The average Bonchev–Trinajstić information content (AvgIpc) is 2.71. The Morgan fingerprint density at radius 3 is 2.24 bits per heavy atom. The number of amides is 1. The largest absolute Gasteiger partial charge is 0.496 e. The van der Waals surface area contributed by atoms with E-state index in [9.17, 15) is 4.79 Å². The van der Waals surface area contributed by atoms with Gasteiger partial charge in [0, 0.05) is 51.9 Å². The Bertz CT molecular complexity index is 811. The fourth-order valence-corrected chi connectivity index (χ4v) is 3.74. The topological polar surface area (TPSA) is 36.0 Å². The number of hydrogen-bond acceptors (Lipinski definition) is 4. The summed E-state index contributed by atoms with van der Waals surface area (Å²) in [5, 5.41) is 0. The number of carbonyl (C=O) groups excluding carboxylic acids is 1. The number of rotatable bonds is 7. The molecule has 2 aromatic rings. The summed E-state index contributed by atoms with van der Waals surface area (Å²) in [7, 11) is 3.62. The number of benzene rings is 2. The van der Waals surface area contributed by atoms with E-state index in [4.69, 9.17) is 4.74 Å². The Morgan fingerprint density at radius 1 is 0.966 bits per heavy atom. The first-order valence-corrected chi connectivity index (χ1v) is 10.3. The van der Waals surface area contributed by atoms with Gasteiger partial charge in [-0.2, -0.15) is 0 Å². The van der Waals surface area contributed by atoms with Crippen LogP contribution in [-0.2, 0) is 17.9 Å². The van der Waals surface area contributed by atoms with Crippen LogP contribution in [0.5, 0.6) is 5.75 Å². The third kappa shape index (κ3) is 6.05. The van der Waals surface area contributed by atoms with Crippen molar-refractivity contribution >= 4 is 5.91 Å². The van der Waals surface area contributed by atoms with Crippen LogP contribution in [-0.4, -0.2) is 67.5 Å². The fraction of sp³-hybridized carbons (Fsp3) is 0.458. The van der Waals surface area contributed by atoms with E-state index in [0.717, 1.165) is 38.5 Å².